The summed E-state index contributed by atoms with van der Waals surface area (Å²) in [6, 6.07) is 0. The third-order valence-corrected chi connectivity index (χ3v) is 5.43. The maximum absolute atomic E-state index is 4.35. The first-order valence-corrected chi connectivity index (χ1v) is 7.06. The molecule has 0 unspecified atom stereocenters. The van der Waals surface area contributed by atoms with Crippen molar-refractivity contribution >= 4 is 23.3 Å². The molecule has 14 heavy (non-hydrogen) atoms. The molecule has 1 aromatic rings. The van der Waals surface area contributed by atoms with Gasteiger partial charge in [-0.1, -0.05) is 0 Å². The molecule has 0 atom stereocenters. The number of nitrogens with zero attached hydrogens (tertiary/aromatic N) is 1. The average molecular weight is 226 g/mol. The summed E-state index contributed by atoms with van der Waals surface area (Å²) in [5, 5.41) is 3.54. The van der Waals surface area contributed by atoms with Crippen LogP contribution in [0, 0.1) is 0 Å². The summed E-state index contributed by atoms with van der Waals surface area (Å²) >= 11 is 3.83. The Kier molecular flexibility index (Phi) is 2.30. The van der Waals surface area contributed by atoms with Crippen molar-refractivity contribution < 1.29 is 0 Å². The second-order valence-corrected chi connectivity index (χ2v) is 6.20. The van der Waals surface area contributed by atoms with Crippen molar-refractivity contribution in [3.63, 3.8) is 0 Å². The fraction of sp³-hybridized carbons (Fsp3) is 0.700. The fourth-order valence-electron chi connectivity index (χ4n) is 2.51. The highest BCUT2D eigenvalue weighted by atomic mass is 32.2. The fourth-order valence-corrected chi connectivity index (χ4v) is 4.78. The monoisotopic (exact) mass is 226 g/mol. The van der Waals surface area contributed by atoms with Gasteiger partial charge in [0.25, 0.3) is 0 Å². The van der Waals surface area contributed by atoms with Gasteiger partial charge in [0.1, 0.15) is 0 Å². The van der Waals surface area contributed by atoms with E-state index in [4.69, 9.17) is 0 Å². The number of fused-ring (bicyclic) bond motifs is 2. The topological polar surface area (TPSA) is 24.9 Å². The van der Waals surface area contributed by atoms with Crippen LogP contribution >= 0.6 is 23.3 Å². The van der Waals surface area contributed by atoms with Crippen molar-refractivity contribution in [3.8, 4) is 0 Å². The van der Waals surface area contributed by atoms with Gasteiger partial charge in [0.05, 0.1) is 0 Å². The van der Waals surface area contributed by atoms with E-state index in [0.29, 0.717) is 5.41 Å². The van der Waals surface area contributed by atoms with Crippen LogP contribution in [0.4, 0.5) is 0 Å². The van der Waals surface area contributed by atoms with Crippen LogP contribution in [-0.2, 0) is 12.0 Å². The number of hydrogen-bond acceptors (Lipinski definition) is 4. The van der Waals surface area contributed by atoms with Crippen molar-refractivity contribution in [2.24, 2.45) is 0 Å². The van der Waals surface area contributed by atoms with Crippen LogP contribution in [0.25, 0.3) is 0 Å². The Morgan fingerprint density at radius 3 is 3.07 bits per heavy atom. The number of hydrogen-bond donors (Lipinski definition) is 1. The van der Waals surface area contributed by atoms with E-state index in [2.05, 4.69) is 27.6 Å². The molecular weight excluding hydrogens is 212 g/mol. The van der Waals surface area contributed by atoms with Crippen molar-refractivity contribution in [1.82, 2.24) is 9.69 Å². The second kappa shape index (κ2) is 3.51. The van der Waals surface area contributed by atoms with Crippen LogP contribution in [0.2, 0.25) is 0 Å². The molecular formula is C10H14N2S2. The molecule has 0 amide bonds. The van der Waals surface area contributed by atoms with Crippen LogP contribution in [0.15, 0.2) is 6.20 Å². The summed E-state index contributed by atoms with van der Waals surface area (Å²) in [4.78, 5) is 1.58. The first kappa shape index (κ1) is 9.19. The standard InChI is InChI=1S/C10H14N2S2/c1-3-13-4-2-10(1)7-11-5-8-6-12-14-9(8)10/h6,11H,1-5,7H2. The zero-order valence-electron chi connectivity index (χ0n) is 8.08. The third-order valence-electron chi connectivity index (χ3n) is 3.35. The molecule has 1 spiro atoms. The zero-order valence-corrected chi connectivity index (χ0v) is 9.72. The molecule has 3 rings (SSSR count). The van der Waals surface area contributed by atoms with E-state index in [1.807, 2.05) is 0 Å². The van der Waals surface area contributed by atoms with E-state index in [9.17, 15) is 0 Å². The van der Waals surface area contributed by atoms with Gasteiger partial charge in [-0.3, -0.25) is 0 Å². The molecule has 4 heteroatoms. The third kappa shape index (κ3) is 1.32. The van der Waals surface area contributed by atoms with Crippen molar-refractivity contribution in [2.45, 2.75) is 24.8 Å². The lowest BCUT2D eigenvalue weighted by Gasteiger charge is -2.39. The number of thioether (sulfide) groups is 1. The minimum atomic E-state index is 0.444. The first-order chi connectivity index (χ1) is 6.91. The van der Waals surface area contributed by atoms with Gasteiger partial charge in [-0.2, -0.15) is 11.8 Å². The summed E-state index contributed by atoms with van der Waals surface area (Å²) in [5.41, 5.74) is 1.90. The van der Waals surface area contributed by atoms with Gasteiger partial charge in [0.15, 0.2) is 0 Å². The maximum atomic E-state index is 4.35. The Bertz CT molecular complexity index is 329. The minimum Gasteiger partial charge on any atom is -0.312 e. The largest absolute Gasteiger partial charge is 0.312 e. The molecule has 1 saturated heterocycles. The Labute approximate surface area is 92.6 Å². The average Bonchev–Trinajstić information content (AvgIpc) is 2.69. The number of rotatable bonds is 0. The highest BCUT2D eigenvalue weighted by Crippen LogP contribution is 2.42. The first-order valence-electron chi connectivity index (χ1n) is 5.13. The second-order valence-electron chi connectivity index (χ2n) is 4.18. The molecule has 2 aliphatic rings. The van der Waals surface area contributed by atoms with E-state index in [1.165, 1.54) is 36.5 Å². The van der Waals surface area contributed by atoms with Crippen LogP contribution in [0.3, 0.4) is 0 Å². The Hall–Kier alpha value is -0.0600. The summed E-state index contributed by atoms with van der Waals surface area (Å²) in [6.45, 7) is 2.20. The summed E-state index contributed by atoms with van der Waals surface area (Å²) in [6.07, 6.45) is 4.72. The smallest absolute Gasteiger partial charge is 0.0455 e. The van der Waals surface area contributed by atoms with Crippen LogP contribution in [-0.4, -0.2) is 22.4 Å². The molecule has 0 saturated carbocycles. The van der Waals surface area contributed by atoms with Gasteiger partial charge in [-0.05, 0) is 35.9 Å². The highest BCUT2D eigenvalue weighted by molar-refractivity contribution is 7.99. The Morgan fingerprint density at radius 2 is 2.21 bits per heavy atom. The van der Waals surface area contributed by atoms with Crippen LogP contribution < -0.4 is 5.32 Å². The van der Waals surface area contributed by atoms with E-state index in [-0.39, 0.29) is 0 Å². The lowest BCUT2D eigenvalue weighted by atomic mass is 9.77. The van der Waals surface area contributed by atoms with Gasteiger partial charge in [-0.15, -0.1) is 0 Å². The quantitative estimate of drug-likeness (QED) is 0.732. The Balaban J connectivity index is 2.01. The lowest BCUT2D eigenvalue weighted by molar-refractivity contribution is 0.351. The zero-order chi connectivity index (χ0) is 9.43. The van der Waals surface area contributed by atoms with Gasteiger partial charge in [-0.25, -0.2) is 4.37 Å². The molecule has 0 radical (unpaired) electrons. The van der Waals surface area contributed by atoms with Gasteiger partial charge < -0.3 is 5.32 Å². The highest BCUT2D eigenvalue weighted by Gasteiger charge is 2.39. The molecule has 2 aliphatic heterocycles. The molecule has 76 valence electrons. The molecule has 0 bridgehead atoms. The minimum absolute atomic E-state index is 0.444. The van der Waals surface area contributed by atoms with Gasteiger partial charge in [0, 0.05) is 35.1 Å². The molecule has 2 nitrogen and oxygen atoms in total. The number of aromatic nitrogens is 1. The Morgan fingerprint density at radius 1 is 1.36 bits per heavy atom. The number of nitrogens with one attached hydrogen (secondary N) is 1. The van der Waals surface area contributed by atoms with Crippen molar-refractivity contribution in [3.05, 3.63) is 16.6 Å². The molecule has 0 aromatic carbocycles. The molecule has 1 N–H and O–H groups in total. The lowest BCUT2D eigenvalue weighted by Crippen LogP contribution is -2.44. The predicted octanol–water partition coefficient (Wildman–Crippen LogP) is 2.01. The molecule has 1 fully saturated rings. The van der Waals surface area contributed by atoms with E-state index >= 15 is 0 Å². The van der Waals surface area contributed by atoms with Crippen molar-refractivity contribution in [2.75, 3.05) is 18.1 Å². The van der Waals surface area contributed by atoms with Gasteiger partial charge >= 0.3 is 0 Å². The van der Waals surface area contributed by atoms with Crippen LogP contribution in [0.5, 0.6) is 0 Å². The molecule has 1 aromatic heterocycles. The molecule has 3 heterocycles. The SMILES string of the molecule is c1nsc2c1CNCC21CCSCC1. The summed E-state index contributed by atoms with van der Waals surface area (Å²) in [7, 11) is 0. The maximum Gasteiger partial charge on any atom is 0.0455 e. The predicted molar refractivity (Wildman–Crippen MR) is 62.1 cm³/mol. The van der Waals surface area contributed by atoms with E-state index in [0.717, 1.165) is 6.54 Å². The van der Waals surface area contributed by atoms with E-state index < -0.39 is 0 Å². The van der Waals surface area contributed by atoms with E-state index in [1.54, 1.807) is 16.4 Å². The summed E-state index contributed by atoms with van der Waals surface area (Å²) < 4.78 is 4.35. The summed E-state index contributed by atoms with van der Waals surface area (Å²) in [5.74, 6) is 2.64. The van der Waals surface area contributed by atoms with Crippen LogP contribution in [0.1, 0.15) is 23.3 Å². The van der Waals surface area contributed by atoms with Crippen molar-refractivity contribution in [1.29, 1.82) is 0 Å². The molecule has 0 aliphatic carbocycles. The normalized spacial score (nSPS) is 24.9. The van der Waals surface area contributed by atoms with Gasteiger partial charge in [0.2, 0.25) is 0 Å².